The van der Waals surface area contributed by atoms with Crippen molar-refractivity contribution >= 4 is 0 Å². The summed E-state index contributed by atoms with van der Waals surface area (Å²) in [6, 6.07) is 7.29. The van der Waals surface area contributed by atoms with Crippen molar-refractivity contribution in [1.29, 1.82) is 0 Å². The van der Waals surface area contributed by atoms with Gasteiger partial charge in [0.1, 0.15) is 6.10 Å². The van der Waals surface area contributed by atoms with Gasteiger partial charge in [-0.05, 0) is 32.0 Å². The second-order valence-electron chi connectivity index (χ2n) is 6.26. The van der Waals surface area contributed by atoms with E-state index in [9.17, 15) is 4.39 Å². The zero-order chi connectivity index (χ0) is 14.0. The Balaban J connectivity index is 1.77. The predicted molar refractivity (Wildman–Crippen MR) is 78.4 cm³/mol. The van der Waals surface area contributed by atoms with E-state index in [0.717, 1.165) is 6.42 Å². The molecule has 0 amide bonds. The van der Waals surface area contributed by atoms with Gasteiger partial charge in [0.05, 0.1) is 0 Å². The normalized spacial score (nSPS) is 28.7. The lowest BCUT2D eigenvalue weighted by Gasteiger charge is -2.55. The number of para-hydroxylation sites is 1. The number of nitrogens with one attached hydrogen (secondary N) is 1. The Kier molecular flexibility index (Phi) is 3.97. The van der Waals surface area contributed by atoms with Crippen molar-refractivity contribution in [3.63, 3.8) is 0 Å². The molecule has 110 valence electrons. The number of hydrogen-bond acceptors (Lipinski definition) is 2. The number of ether oxygens (including phenoxy) is 1. The first-order chi connectivity index (χ1) is 9.76. The third-order valence-corrected chi connectivity index (χ3v) is 5.27. The van der Waals surface area contributed by atoms with E-state index in [2.05, 4.69) is 5.32 Å². The van der Waals surface area contributed by atoms with Crippen molar-refractivity contribution in [2.24, 2.45) is 5.41 Å². The first-order valence-corrected chi connectivity index (χ1v) is 7.85. The summed E-state index contributed by atoms with van der Waals surface area (Å²) in [5, 5.41) is 3.45. The molecule has 3 heteroatoms. The van der Waals surface area contributed by atoms with Crippen molar-refractivity contribution < 1.29 is 9.13 Å². The molecule has 1 aromatic rings. The van der Waals surface area contributed by atoms with Crippen LogP contribution in [0.5, 0.6) is 5.75 Å². The van der Waals surface area contributed by atoms with Gasteiger partial charge in [0.15, 0.2) is 11.6 Å². The average molecular weight is 277 g/mol. The van der Waals surface area contributed by atoms with Gasteiger partial charge in [-0.1, -0.05) is 37.8 Å². The Bertz CT molecular complexity index is 454. The molecule has 1 N–H and O–H groups in total. The van der Waals surface area contributed by atoms with E-state index in [4.69, 9.17) is 4.74 Å². The summed E-state index contributed by atoms with van der Waals surface area (Å²) >= 11 is 0. The highest BCUT2D eigenvalue weighted by Crippen LogP contribution is 2.52. The highest BCUT2D eigenvalue weighted by molar-refractivity contribution is 5.25. The highest BCUT2D eigenvalue weighted by Gasteiger charge is 2.55. The molecule has 2 unspecified atom stereocenters. The Morgan fingerprint density at radius 3 is 2.50 bits per heavy atom. The van der Waals surface area contributed by atoms with Gasteiger partial charge in [-0.15, -0.1) is 0 Å². The molecule has 2 saturated carbocycles. The lowest BCUT2D eigenvalue weighted by atomic mass is 9.58. The Hall–Kier alpha value is -1.09. The maximum absolute atomic E-state index is 13.8. The predicted octanol–water partition coefficient (Wildman–Crippen LogP) is 3.91. The van der Waals surface area contributed by atoms with Crippen molar-refractivity contribution in [3.8, 4) is 5.75 Å². The van der Waals surface area contributed by atoms with Crippen LogP contribution in [0.15, 0.2) is 24.3 Å². The van der Waals surface area contributed by atoms with Crippen LogP contribution in [0.2, 0.25) is 0 Å². The summed E-state index contributed by atoms with van der Waals surface area (Å²) in [5.41, 5.74) is 0.216. The third kappa shape index (κ3) is 2.32. The molecule has 2 nitrogen and oxygen atoms in total. The lowest BCUT2D eigenvalue weighted by Crippen LogP contribution is -2.64. The smallest absolute Gasteiger partial charge is 0.165 e. The average Bonchev–Trinajstić information content (AvgIpc) is 2.72. The van der Waals surface area contributed by atoms with E-state index < -0.39 is 0 Å². The summed E-state index contributed by atoms with van der Waals surface area (Å²) in [7, 11) is 2.04. The van der Waals surface area contributed by atoms with Crippen molar-refractivity contribution in [1.82, 2.24) is 5.32 Å². The van der Waals surface area contributed by atoms with Crippen LogP contribution >= 0.6 is 0 Å². The molecule has 2 aliphatic carbocycles. The zero-order valence-corrected chi connectivity index (χ0v) is 12.2. The molecule has 2 fully saturated rings. The van der Waals surface area contributed by atoms with Crippen LogP contribution in [-0.4, -0.2) is 19.2 Å². The Morgan fingerprint density at radius 1 is 1.15 bits per heavy atom. The second-order valence-corrected chi connectivity index (χ2v) is 6.26. The largest absolute Gasteiger partial charge is 0.487 e. The van der Waals surface area contributed by atoms with Crippen LogP contribution in [0.25, 0.3) is 0 Å². The molecule has 0 aliphatic heterocycles. The van der Waals surface area contributed by atoms with Gasteiger partial charge in [0.25, 0.3) is 0 Å². The van der Waals surface area contributed by atoms with E-state index in [1.54, 1.807) is 12.1 Å². The van der Waals surface area contributed by atoms with E-state index in [-0.39, 0.29) is 17.3 Å². The summed E-state index contributed by atoms with van der Waals surface area (Å²) in [5.74, 6) is 0.167. The molecule has 0 bridgehead atoms. The molecule has 1 aromatic carbocycles. The van der Waals surface area contributed by atoms with E-state index >= 15 is 0 Å². The summed E-state index contributed by atoms with van der Waals surface area (Å²) < 4.78 is 19.8. The van der Waals surface area contributed by atoms with Crippen LogP contribution in [0, 0.1) is 11.2 Å². The van der Waals surface area contributed by atoms with E-state index in [1.165, 1.54) is 44.6 Å². The quantitative estimate of drug-likeness (QED) is 0.904. The maximum Gasteiger partial charge on any atom is 0.165 e. The number of hydrogen-bond donors (Lipinski definition) is 1. The van der Waals surface area contributed by atoms with Crippen LogP contribution in [0.4, 0.5) is 4.39 Å². The lowest BCUT2D eigenvalue weighted by molar-refractivity contribution is -0.0895. The molecule has 2 atom stereocenters. The Morgan fingerprint density at radius 2 is 1.85 bits per heavy atom. The third-order valence-electron chi connectivity index (χ3n) is 5.27. The van der Waals surface area contributed by atoms with Gasteiger partial charge < -0.3 is 10.1 Å². The van der Waals surface area contributed by atoms with Gasteiger partial charge in [0.2, 0.25) is 0 Å². The minimum absolute atomic E-state index is 0.162. The van der Waals surface area contributed by atoms with Gasteiger partial charge >= 0.3 is 0 Å². The molecular formula is C17H24FNO. The van der Waals surface area contributed by atoms with Crippen LogP contribution in [0.1, 0.15) is 44.9 Å². The topological polar surface area (TPSA) is 21.3 Å². The summed E-state index contributed by atoms with van der Waals surface area (Å²) in [6.07, 6.45) is 8.76. The minimum atomic E-state index is -0.246. The summed E-state index contributed by atoms with van der Waals surface area (Å²) in [6.45, 7) is 0. The number of halogens is 1. The maximum atomic E-state index is 13.8. The molecule has 0 heterocycles. The molecular weight excluding hydrogens is 253 g/mol. The van der Waals surface area contributed by atoms with Crippen molar-refractivity contribution in [2.45, 2.75) is 57.1 Å². The van der Waals surface area contributed by atoms with Gasteiger partial charge in [-0.2, -0.15) is 0 Å². The zero-order valence-electron chi connectivity index (χ0n) is 12.2. The van der Waals surface area contributed by atoms with E-state index in [1.807, 2.05) is 13.1 Å². The molecule has 0 radical (unpaired) electrons. The molecule has 0 aromatic heterocycles. The van der Waals surface area contributed by atoms with Gasteiger partial charge in [0, 0.05) is 17.9 Å². The highest BCUT2D eigenvalue weighted by atomic mass is 19.1. The molecule has 1 spiro atoms. The van der Waals surface area contributed by atoms with Crippen molar-refractivity contribution in [2.75, 3.05) is 7.05 Å². The first-order valence-electron chi connectivity index (χ1n) is 7.85. The van der Waals surface area contributed by atoms with Crippen LogP contribution in [-0.2, 0) is 0 Å². The van der Waals surface area contributed by atoms with Crippen LogP contribution in [0.3, 0.4) is 0 Å². The SMILES string of the molecule is CNC1CC(Oc2ccccc2F)C12CCCCCC2. The van der Waals surface area contributed by atoms with Gasteiger partial charge in [-0.25, -0.2) is 4.39 Å². The molecule has 2 aliphatic rings. The fourth-order valence-corrected chi connectivity index (χ4v) is 4.07. The standard InChI is InChI=1S/C17H24FNO/c1-19-15-12-16(17(15)10-6-2-3-7-11-17)20-14-9-5-4-8-13(14)18/h4-5,8-9,15-16,19H,2-3,6-7,10-12H2,1H3. The minimum Gasteiger partial charge on any atom is -0.487 e. The van der Waals surface area contributed by atoms with E-state index in [0.29, 0.717) is 11.8 Å². The first kappa shape index (κ1) is 13.9. The molecule has 3 rings (SSSR count). The molecule has 0 saturated heterocycles. The fraction of sp³-hybridized carbons (Fsp3) is 0.647. The fourth-order valence-electron chi connectivity index (χ4n) is 4.07. The van der Waals surface area contributed by atoms with Gasteiger partial charge in [-0.3, -0.25) is 0 Å². The number of benzene rings is 1. The monoisotopic (exact) mass is 277 g/mol. The Labute approximate surface area is 120 Å². The summed E-state index contributed by atoms with van der Waals surface area (Å²) in [4.78, 5) is 0. The van der Waals surface area contributed by atoms with Crippen molar-refractivity contribution in [3.05, 3.63) is 30.1 Å². The van der Waals surface area contributed by atoms with Crippen LogP contribution < -0.4 is 10.1 Å². The second kappa shape index (κ2) is 5.72. The number of rotatable bonds is 3. The molecule has 20 heavy (non-hydrogen) atoms.